The van der Waals surface area contributed by atoms with Crippen LogP contribution in [-0.4, -0.2) is 35.6 Å². The number of para-hydroxylation sites is 1. The highest BCUT2D eigenvalue weighted by atomic mass is 35.5. The van der Waals surface area contributed by atoms with Crippen LogP contribution >= 0.6 is 11.6 Å². The van der Waals surface area contributed by atoms with Crippen LogP contribution in [0, 0.1) is 10.8 Å². The lowest BCUT2D eigenvalue weighted by atomic mass is 9.63. The number of anilines is 1. The van der Waals surface area contributed by atoms with Crippen molar-refractivity contribution in [1.82, 2.24) is 4.90 Å². The molecule has 0 unspecified atom stereocenters. The summed E-state index contributed by atoms with van der Waals surface area (Å²) in [5, 5.41) is 3.06. The summed E-state index contributed by atoms with van der Waals surface area (Å²) in [4.78, 5) is 43.5. The number of halogens is 1. The lowest BCUT2D eigenvalue weighted by Crippen LogP contribution is -2.44. The maximum atomic E-state index is 14.3. The third-order valence-corrected chi connectivity index (χ3v) is 9.56. The number of hydrogen-bond donors (Lipinski definition) is 1. The number of nitrogens with one attached hydrogen (secondary N) is 1. The molecule has 1 N–H and O–H groups in total. The smallest absolute Gasteiger partial charge is 0.262 e. The van der Waals surface area contributed by atoms with Crippen LogP contribution in [0.15, 0.2) is 95.3 Å². The van der Waals surface area contributed by atoms with Gasteiger partial charge in [-0.3, -0.25) is 14.4 Å². The van der Waals surface area contributed by atoms with Crippen LogP contribution in [0.2, 0.25) is 5.02 Å². The lowest BCUT2D eigenvalue weighted by molar-refractivity contribution is -0.120. The molecule has 7 nitrogen and oxygen atoms in total. The number of benzene rings is 3. The van der Waals surface area contributed by atoms with Gasteiger partial charge in [-0.15, -0.1) is 0 Å². The number of nitrogens with zero attached hydrogens (tertiary/aromatic N) is 1. The van der Waals surface area contributed by atoms with E-state index in [1.54, 1.807) is 18.2 Å². The zero-order valence-corrected chi connectivity index (χ0v) is 29.1. The van der Waals surface area contributed by atoms with Crippen molar-refractivity contribution in [2.24, 2.45) is 10.8 Å². The number of rotatable bonds is 9. The van der Waals surface area contributed by atoms with Crippen molar-refractivity contribution in [2.45, 2.75) is 72.8 Å². The van der Waals surface area contributed by atoms with Crippen LogP contribution in [0.3, 0.4) is 0 Å². The molecule has 0 atom stereocenters. The van der Waals surface area contributed by atoms with E-state index in [-0.39, 0.29) is 45.7 Å². The molecule has 0 saturated carbocycles. The molecule has 6 rings (SSSR count). The Labute approximate surface area is 288 Å². The normalized spacial score (nSPS) is 18.8. The van der Waals surface area contributed by atoms with Crippen molar-refractivity contribution in [2.75, 3.05) is 18.5 Å². The Morgan fingerprint density at radius 2 is 1.40 bits per heavy atom. The van der Waals surface area contributed by atoms with Crippen LogP contribution < -0.4 is 14.8 Å². The van der Waals surface area contributed by atoms with Crippen LogP contribution in [0.4, 0.5) is 5.69 Å². The Morgan fingerprint density at radius 1 is 0.833 bits per heavy atom. The number of hydrogen-bond acceptors (Lipinski definition) is 6. The highest BCUT2D eigenvalue weighted by molar-refractivity contribution is 6.32. The van der Waals surface area contributed by atoms with Gasteiger partial charge in [0.25, 0.3) is 5.91 Å². The quantitative estimate of drug-likeness (QED) is 0.246. The topological polar surface area (TPSA) is 84.9 Å². The van der Waals surface area contributed by atoms with E-state index in [1.807, 2.05) is 49.4 Å². The maximum absolute atomic E-state index is 14.3. The molecule has 3 aromatic carbocycles. The number of allylic oxidation sites excluding steroid dienone is 4. The molecule has 0 bridgehead atoms. The minimum Gasteiger partial charge on any atom is -0.490 e. The molecule has 0 saturated heterocycles. The minimum absolute atomic E-state index is 0.0421. The summed E-state index contributed by atoms with van der Waals surface area (Å²) in [5.74, 6) is -0.259. The number of Topliss-reactive ketones (excluding diaryl/α,β-unsaturated/α-hetero) is 2. The van der Waals surface area contributed by atoms with E-state index in [0.29, 0.717) is 67.0 Å². The van der Waals surface area contributed by atoms with Gasteiger partial charge in [0.2, 0.25) is 0 Å². The second-order valence-corrected chi connectivity index (χ2v) is 15.0. The molecule has 250 valence electrons. The fraction of sp³-hybridized carbons (Fsp3) is 0.375. The number of carbonyl (C=O) groups is 3. The molecule has 0 radical (unpaired) electrons. The van der Waals surface area contributed by atoms with E-state index in [9.17, 15) is 14.4 Å². The lowest BCUT2D eigenvalue weighted by Gasteiger charge is -2.49. The highest BCUT2D eigenvalue weighted by Gasteiger charge is 2.49. The number of carbonyl (C=O) groups excluding carboxylic acids is 3. The standard InChI is InChI=1S/C40H43ClN2O5/c1-6-47-33-18-26(17-28(41)38(33)48-24-34(46)42-27-15-11-8-12-16-27)35-36-29(19-39(2,3)21-31(36)44)43(23-25-13-9-7-10-14-25)30-20-40(4,5)22-32(45)37(30)35/h7-18,35H,6,19-24H2,1-5H3,(H,42,46). The fourth-order valence-electron chi connectivity index (χ4n) is 7.35. The van der Waals surface area contributed by atoms with Crippen molar-refractivity contribution in [3.05, 3.63) is 111 Å². The van der Waals surface area contributed by atoms with Gasteiger partial charge in [-0.2, -0.15) is 0 Å². The van der Waals surface area contributed by atoms with E-state index in [4.69, 9.17) is 21.1 Å². The first-order valence-electron chi connectivity index (χ1n) is 16.6. The minimum atomic E-state index is -0.596. The first-order chi connectivity index (χ1) is 22.9. The fourth-order valence-corrected chi connectivity index (χ4v) is 7.63. The average Bonchev–Trinajstić information content (AvgIpc) is 3.01. The molecular weight excluding hydrogens is 624 g/mol. The summed E-state index contributed by atoms with van der Waals surface area (Å²) >= 11 is 6.93. The van der Waals surface area contributed by atoms with Crippen molar-refractivity contribution >= 4 is 34.8 Å². The van der Waals surface area contributed by atoms with Crippen molar-refractivity contribution in [1.29, 1.82) is 0 Å². The molecule has 48 heavy (non-hydrogen) atoms. The molecule has 1 heterocycles. The number of ketones is 2. The van der Waals surface area contributed by atoms with Gasteiger partial charge in [-0.1, -0.05) is 87.8 Å². The zero-order chi connectivity index (χ0) is 34.2. The van der Waals surface area contributed by atoms with Gasteiger partial charge in [-0.25, -0.2) is 0 Å². The second-order valence-electron chi connectivity index (χ2n) is 14.6. The molecule has 0 aromatic heterocycles. The predicted molar refractivity (Wildman–Crippen MR) is 188 cm³/mol. The van der Waals surface area contributed by atoms with Gasteiger partial charge < -0.3 is 19.7 Å². The van der Waals surface area contributed by atoms with E-state index < -0.39 is 5.92 Å². The molecule has 2 aliphatic carbocycles. The summed E-state index contributed by atoms with van der Waals surface area (Å²) in [7, 11) is 0. The SMILES string of the molecule is CCOc1cc(C2C3=C(CC(C)(C)CC3=O)N(Cc3ccccc3)C3=C2C(=O)CC(C)(C)C3)cc(Cl)c1OCC(=O)Nc1ccccc1. The third kappa shape index (κ3) is 6.93. The van der Waals surface area contributed by atoms with Crippen molar-refractivity contribution in [3.8, 4) is 11.5 Å². The molecule has 0 fully saturated rings. The molecule has 0 spiro atoms. The van der Waals surface area contributed by atoms with E-state index in [1.165, 1.54) is 0 Å². The molecule has 1 amide bonds. The zero-order valence-electron chi connectivity index (χ0n) is 28.3. The molecule has 8 heteroatoms. The largest absolute Gasteiger partial charge is 0.490 e. The summed E-state index contributed by atoms with van der Waals surface area (Å²) in [6, 6.07) is 22.9. The van der Waals surface area contributed by atoms with Crippen LogP contribution in [0.25, 0.3) is 0 Å². The number of amides is 1. The van der Waals surface area contributed by atoms with Crippen LogP contribution in [0.5, 0.6) is 11.5 Å². The molecule has 3 aliphatic rings. The number of ether oxygens (including phenoxy) is 2. The van der Waals surface area contributed by atoms with E-state index >= 15 is 0 Å². The maximum Gasteiger partial charge on any atom is 0.262 e. The van der Waals surface area contributed by atoms with Crippen LogP contribution in [-0.2, 0) is 20.9 Å². The Balaban J connectivity index is 1.45. The first-order valence-corrected chi connectivity index (χ1v) is 17.0. The Kier molecular flexibility index (Phi) is 9.27. The van der Waals surface area contributed by atoms with Gasteiger partial charge in [0.15, 0.2) is 29.7 Å². The Morgan fingerprint density at radius 3 is 1.96 bits per heavy atom. The summed E-state index contributed by atoms with van der Waals surface area (Å²) in [6.07, 6.45) is 2.17. The third-order valence-electron chi connectivity index (χ3n) is 9.28. The van der Waals surface area contributed by atoms with Crippen LogP contribution in [0.1, 0.15) is 77.3 Å². The highest BCUT2D eigenvalue weighted by Crippen LogP contribution is 2.55. The van der Waals surface area contributed by atoms with Gasteiger partial charge in [-0.05, 0) is 66.0 Å². The van der Waals surface area contributed by atoms with E-state index in [2.05, 4.69) is 50.0 Å². The van der Waals surface area contributed by atoms with Gasteiger partial charge in [0.1, 0.15) is 0 Å². The molecular formula is C40H43ClN2O5. The Bertz CT molecular complexity index is 1760. The first kappa shape index (κ1) is 33.5. The Hall–Kier alpha value is -4.36. The molecule has 1 aliphatic heterocycles. The van der Waals surface area contributed by atoms with E-state index in [0.717, 1.165) is 17.0 Å². The van der Waals surface area contributed by atoms with Gasteiger partial charge >= 0.3 is 0 Å². The van der Waals surface area contributed by atoms with Gasteiger partial charge in [0.05, 0.1) is 11.6 Å². The average molecular weight is 667 g/mol. The van der Waals surface area contributed by atoms with Crippen molar-refractivity contribution < 1.29 is 23.9 Å². The molecule has 3 aromatic rings. The van der Waals surface area contributed by atoms with Gasteiger partial charge in [0, 0.05) is 53.5 Å². The summed E-state index contributed by atoms with van der Waals surface area (Å²) in [6.45, 7) is 11.0. The summed E-state index contributed by atoms with van der Waals surface area (Å²) < 4.78 is 12.0. The summed E-state index contributed by atoms with van der Waals surface area (Å²) in [5.41, 5.74) is 5.25. The monoisotopic (exact) mass is 666 g/mol. The van der Waals surface area contributed by atoms with Crippen molar-refractivity contribution in [3.63, 3.8) is 0 Å². The second kappa shape index (κ2) is 13.3. The predicted octanol–water partition coefficient (Wildman–Crippen LogP) is 8.64.